The first-order chi connectivity index (χ1) is 19.4. The summed E-state index contributed by atoms with van der Waals surface area (Å²) >= 11 is 0. The smallest absolute Gasteiger partial charge is 0.255 e. The highest BCUT2D eigenvalue weighted by Crippen LogP contribution is 2.46. The molecule has 40 heavy (non-hydrogen) atoms. The normalized spacial score (nSPS) is 20.5. The van der Waals surface area contributed by atoms with Crippen molar-refractivity contribution in [1.82, 2.24) is 20.5 Å². The molecule has 1 aliphatic carbocycles. The second kappa shape index (κ2) is 11.0. The Balaban J connectivity index is 1.26. The molecule has 3 atom stereocenters. The Labute approximate surface area is 235 Å². The molecule has 1 aromatic heterocycles. The Bertz CT molecular complexity index is 1490. The van der Waals surface area contributed by atoms with E-state index in [2.05, 4.69) is 41.6 Å². The predicted octanol–water partition coefficient (Wildman–Crippen LogP) is 5.18. The number of H-pyrrole nitrogens is 1. The number of aromatic nitrogens is 1. The van der Waals surface area contributed by atoms with Crippen LogP contribution in [0.1, 0.15) is 85.6 Å². The minimum Gasteiger partial charge on any atom is -0.356 e. The number of hydrogen-bond donors (Lipinski definition) is 3. The van der Waals surface area contributed by atoms with Gasteiger partial charge in [0.1, 0.15) is 12.1 Å². The van der Waals surface area contributed by atoms with Crippen molar-refractivity contribution in [3.8, 4) is 0 Å². The second-order valence-electron chi connectivity index (χ2n) is 11.8. The van der Waals surface area contributed by atoms with Crippen LogP contribution in [0.25, 0.3) is 10.9 Å². The highest BCUT2D eigenvalue weighted by atomic mass is 16.2. The number of fused-ring (bicyclic) bond motifs is 7. The van der Waals surface area contributed by atoms with Crippen molar-refractivity contribution >= 4 is 28.6 Å². The molecule has 0 unspecified atom stereocenters. The molecule has 0 saturated carbocycles. The van der Waals surface area contributed by atoms with E-state index < -0.39 is 12.1 Å². The maximum atomic E-state index is 14.0. The highest BCUT2D eigenvalue weighted by Gasteiger charge is 2.49. The first-order valence-electron chi connectivity index (χ1n) is 14.7. The van der Waals surface area contributed by atoms with Crippen LogP contribution in [0.15, 0.2) is 60.2 Å². The lowest BCUT2D eigenvalue weighted by Crippen LogP contribution is -2.56. The Morgan fingerprint density at radius 3 is 2.67 bits per heavy atom. The molecule has 3 aliphatic rings. The van der Waals surface area contributed by atoms with E-state index in [-0.39, 0.29) is 29.7 Å². The Morgan fingerprint density at radius 2 is 1.88 bits per heavy atom. The molecule has 0 bridgehead atoms. The first kappa shape index (κ1) is 26.4. The van der Waals surface area contributed by atoms with Gasteiger partial charge in [-0.05, 0) is 67.7 Å². The van der Waals surface area contributed by atoms with Gasteiger partial charge in [0.2, 0.25) is 11.8 Å². The fourth-order valence-electron chi connectivity index (χ4n) is 6.71. The zero-order chi connectivity index (χ0) is 27.8. The average molecular weight is 539 g/mol. The number of rotatable bonds is 8. The minimum atomic E-state index is -0.716. The summed E-state index contributed by atoms with van der Waals surface area (Å²) < 4.78 is 0. The van der Waals surface area contributed by atoms with Crippen LogP contribution in [0, 0.1) is 5.92 Å². The van der Waals surface area contributed by atoms with Gasteiger partial charge in [0.05, 0.1) is 6.04 Å². The van der Waals surface area contributed by atoms with Gasteiger partial charge in [-0.25, -0.2) is 0 Å². The summed E-state index contributed by atoms with van der Waals surface area (Å²) in [5.41, 5.74) is 5.97. The van der Waals surface area contributed by atoms with Gasteiger partial charge < -0.3 is 20.5 Å². The summed E-state index contributed by atoms with van der Waals surface area (Å²) in [5, 5.41) is 7.21. The zero-order valence-corrected chi connectivity index (χ0v) is 23.3. The quantitative estimate of drug-likeness (QED) is 0.345. The van der Waals surface area contributed by atoms with Gasteiger partial charge in [0, 0.05) is 35.1 Å². The van der Waals surface area contributed by atoms with Crippen molar-refractivity contribution in [2.45, 2.75) is 76.9 Å². The molecule has 208 valence electrons. The fourth-order valence-corrected chi connectivity index (χ4v) is 6.71. The number of nitrogens with one attached hydrogen (secondary N) is 3. The molecular formula is C33H38N4O3. The number of amides is 3. The van der Waals surface area contributed by atoms with Gasteiger partial charge in [0.25, 0.3) is 5.91 Å². The van der Waals surface area contributed by atoms with E-state index in [1.165, 1.54) is 18.4 Å². The number of para-hydroxylation sites is 1. The van der Waals surface area contributed by atoms with Crippen LogP contribution in [0.5, 0.6) is 0 Å². The third-order valence-electron chi connectivity index (χ3n) is 8.62. The number of carbonyl (C=O) groups is 3. The third-order valence-corrected chi connectivity index (χ3v) is 8.62. The molecule has 3 N–H and O–H groups in total. The van der Waals surface area contributed by atoms with Crippen molar-refractivity contribution in [3.63, 3.8) is 0 Å². The molecule has 3 amide bonds. The molecule has 7 nitrogen and oxygen atoms in total. The largest absolute Gasteiger partial charge is 0.356 e. The third kappa shape index (κ3) is 4.82. The topological polar surface area (TPSA) is 94.3 Å². The van der Waals surface area contributed by atoms with Crippen molar-refractivity contribution in [2.24, 2.45) is 5.92 Å². The summed E-state index contributed by atoms with van der Waals surface area (Å²) in [6.07, 6.45) is 8.75. The lowest BCUT2D eigenvalue weighted by molar-refractivity contribution is -0.132. The summed E-state index contributed by atoms with van der Waals surface area (Å²) in [6, 6.07) is 14.0. The number of hydrogen-bond acceptors (Lipinski definition) is 3. The fraction of sp³-hybridized carbons (Fsp3) is 0.424. The molecular weight excluding hydrogens is 500 g/mol. The van der Waals surface area contributed by atoms with Gasteiger partial charge in [-0.1, -0.05) is 61.9 Å². The van der Waals surface area contributed by atoms with Crippen molar-refractivity contribution in [2.75, 3.05) is 6.54 Å². The lowest BCUT2D eigenvalue weighted by Gasteiger charge is -2.37. The Morgan fingerprint density at radius 1 is 1.07 bits per heavy atom. The summed E-state index contributed by atoms with van der Waals surface area (Å²) in [4.78, 5) is 46.3. The van der Waals surface area contributed by atoms with E-state index in [4.69, 9.17) is 0 Å². The number of benzene rings is 2. The molecule has 6 rings (SSSR count). The second-order valence-corrected chi connectivity index (χ2v) is 11.8. The van der Waals surface area contributed by atoms with E-state index in [1.807, 2.05) is 42.5 Å². The monoisotopic (exact) mass is 538 g/mol. The van der Waals surface area contributed by atoms with Gasteiger partial charge in [-0.15, -0.1) is 0 Å². The van der Waals surface area contributed by atoms with Gasteiger partial charge >= 0.3 is 0 Å². The molecule has 3 aromatic rings. The molecule has 0 radical (unpaired) electrons. The molecule has 0 spiro atoms. The van der Waals surface area contributed by atoms with Gasteiger partial charge in [-0.2, -0.15) is 0 Å². The first-order valence-corrected chi connectivity index (χ1v) is 14.7. The minimum absolute atomic E-state index is 0.143. The van der Waals surface area contributed by atoms with Crippen molar-refractivity contribution in [1.29, 1.82) is 0 Å². The Hall–Kier alpha value is -3.87. The molecule has 0 fully saturated rings. The summed E-state index contributed by atoms with van der Waals surface area (Å²) in [6.45, 7) is 4.67. The van der Waals surface area contributed by atoms with Crippen LogP contribution in [0.4, 0.5) is 0 Å². The zero-order valence-electron chi connectivity index (χ0n) is 23.3. The van der Waals surface area contributed by atoms with Crippen LogP contribution >= 0.6 is 0 Å². The average Bonchev–Trinajstić information content (AvgIpc) is 3.48. The van der Waals surface area contributed by atoms with Crippen LogP contribution in [-0.2, 0) is 16.0 Å². The van der Waals surface area contributed by atoms with Crippen LogP contribution < -0.4 is 10.6 Å². The lowest BCUT2D eigenvalue weighted by atomic mass is 9.89. The molecule has 7 heteroatoms. The van der Waals surface area contributed by atoms with Gasteiger partial charge in [-0.3, -0.25) is 14.4 Å². The number of carbonyl (C=O) groups excluding carboxylic acids is 3. The SMILES string of the molecule is CC(C)C[C@H](NC(=O)[C@@H]1Cc2c([nH]c3ccccc23)[C@H]2c3ccccc3C(=O)N21)C(=O)NCCC1=CCCCC1. The van der Waals surface area contributed by atoms with Crippen LogP contribution in [-0.4, -0.2) is 46.2 Å². The molecule has 2 aliphatic heterocycles. The van der Waals surface area contributed by atoms with Crippen LogP contribution in [0.3, 0.4) is 0 Å². The van der Waals surface area contributed by atoms with E-state index >= 15 is 0 Å². The van der Waals surface area contributed by atoms with Crippen LogP contribution in [0.2, 0.25) is 0 Å². The number of aromatic amines is 1. The van der Waals surface area contributed by atoms with Gasteiger partial charge in [0.15, 0.2) is 0 Å². The summed E-state index contributed by atoms with van der Waals surface area (Å²) in [5.74, 6) is -0.364. The van der Waals surface area contributed by atoms with E-state index in [9.17, 15) is 14.4 Å². The maximum absolute atomic E-state index is 14.0. The number of nitrogens with zero attached hydrogens (tertiary/aromatic N) is 1. The standard InChI is InChI=1S/C33H38N4O3/c1-20(2)18-27(31(38)34-17-16-21-10-4-3-5-11-21)36-32(39)28-19-25-22-12-8-9-15-26(22)35-29(25)30-23-13-6-7-14-24(23)33(40)37(28)30/h6-10,12-15,20,27-28,30,35H,3-5,11,16-19H2,1-2H3,(H,34,38)(H,36,39)/t27-,28-,30+/m0/s1. The molecule has 2 aromatic carbocycles. The predicted molar refractivity (Wildman–Crippen MR) is 156 cm³/mol. The van der Waals surface area contributed by atoms with E-state index in [0.29, 0.717) is 24.9 Å². The molecule has 3 heterocycles. The number of allylic oxidation sites excluding steroid dienone is 1. The maximum Gasteiger partial charge on any atom is 0.255 e. The Kier molecular flexibility index (Phi) is 7.22. The van der Waals surface area contributed by atoms with Crippen molar-refractivity contribution < 1.29 is 14.4 Å². The van der Waals surface area contributed by atoms with E-state index in [1.54, 1.807) is 4.90 Å². The molecule has 0 saturated heterocycles. The highest BCUT2D eigenvalue weighted by molar-refractivity contribution is 6.04. The summed E-state index contributed by atoms with van der Waals surface area (Å²) in [7, 11) is 0. The van der Waals surface area contributed by atoms with Crippen molar-refractivity contribution in [3.05, 3.63) is 82.6 Å². The van der Waals surface area contributed by atoms with E-state index in [0.717, 1.165) is 47.0 Å².